The van der Waals surface area contributed by atoms with E-state index in [1.54, 1.807) is 22.2 Å². The fourth-order valence-electron chi connectivity index (χ4n) is 8.51. The highest BCUT2D eigenvalue weighted by Gasteiger charge is 2.39. The van der Waals surface area contributed by atoms with Gasteiger partial charge in [0, 0.05) is 35.2 Å². The number of alkyl carbamates (subject to hydrolysis) is 2. The predicted octanol–water partition coefficient (Wildman–Crippen LogP) is 6.86. The van der Waals surface area contributed by atoms with Crippen LogP contribution in [0.25, 0.3) is 44.8 Å². The molecule has 0 bridgehead atoms. The summed E-state index contributed by atoms with van der Waals surface area (Å²) in [5.74, 6) is 2.26. The molecule has 16 heteroatoms. The number of H-pyrrole nitrogens is 2. The smallest absolute Gasteiger partial charge is 0.407 e. The van der Waals surface area contributed by atoms with Crippen molar-refractivity contribution < 1.29 is 37.8 Å². The molecule has 59 heavy (non-hydrogen) atoms. The molecule has 2 saturated heterocycles. The third-order valence-corrected chi connectivity index (χ3v) is 11.7. The molecule has 6 heterocycles. The molecule has 8 rings (SSSR count). The molecule has 3 aromatic heterocycles. The zero-order chi connectivity index (χ0) is 41.5. The molecule has 4 atom stereocenters. The number of aromatic nitrogens is 4. The number of benzene rings is 2. The second kappa shape index (κ2) is 16.1. The Hall–Kier alpha value is -6.32. The van der Waals surface area contributed by atoms with Crippen LogP contribution in [0.5, 0.6) is 5.75 Å². The van der Waals surface area contributed by atoms with Crippen LogP contribution in [0.2, 0.25) is 0 Å². The Balaban J connectivity index is 0.995. The molecule has 5 aromatic rings. The van der Waals surface area contributed by atoms with Gasteiger partial charge in [-0.05, 0) is 67.9 Å². The van der Waals surface area contributed by atoms with Gasteiger partial charge in [0.15, 0.2) is 0 Å². The van der Waals surface area contributed by atoms with E-state index in [1.165, 1.54) is 14.2 Å². The number of aromatic amines is 2. The van der Waals surface area contributed by atoms with Gasteiger partial charge in [-0.2, -0.15) is 0 Å². The standard InChI is InChI=1S/C43H50N8O8/c1-22(2)35(48-42(54)56-5)40(52)50-15-7-9-31(50)38-44-19-29(46-38)24-12-14-33-27(17-24)28-21-58-34-18-25(11-13-26(34)37(28)59-33)30-20-45-39(47-30)32-10-8-16-51(32)41(53)36(23(3)4)49-43(55)57-6/h11-14,17-20,22-23,31-32,35-36H,7-10,15-16,21H2,1-6H3,(H,44,46)(H,45,47)(H,48,54)(H,49,55)/t31-,32?,35?,36-/m0/s1. The van der Waals surface area contributed by atoms with Gasteiger partial charge in [0.05, 0.1) is 55.6 Å². The number of fused-ring (bicyclic) bond motifs is 5. The first-order valence-corrected chi connectivity index (χ1v) is 20.2. The SMILES string of the molecule is COC(=O)NC(C(=O)N1CCC[C@H]1c1ncc(-c2ccc3oc4c(c3c2)COc2cc(-c3cnc(C5CCCN5C(=O)[C@@H](NC(=O)OC)C(C)C)[nH]3)ccc2-4)[nH]1)C(C)C. The second-order valence-electron chi connectivity index (χ2n) is 16.1. The number of carbonyl (C=O) groups is 4. The van der Waals surface area contributed by atoms with Crippen molar-refractivity contribution in [2.45, 2.75) is 84.2 Å². The summed E-state index contributed by atoms with van der Waals surface area (Å²) in [5, 5.41) is 6.33. The lowest BCUT2D eigenvalue weighted by Crippen LogP contribution is -2.51. The van der Waals surface area contributed by atoms with E-state index in [9.17, 15) is 19.2 Å². The van der Waals surface area contributed by atoms with Crippen LogP contribution in [-0.4, -0.2) is 93.1 Å². The molecule has 0 radical (unpaired) electrons. The molecule has 3 aliphatic heterocycles. The number of nitrogens with zero attached hydrogens (tertiary/aromatic N) is 4. The Morgan fingerprint density at radius 1 is 0.763 bits per heavy atom. The van der Waals surface area contributed by atoms with Crippen LogP contribution >= 0.6 is 0 Å². The minimum atomic E-state index is -0.710. The summed E-state index contributed by atoms with van der Waals surface area (Å²) in [6.45, 7) is 9.04. The van der Waals surface area contributed by atoms with Gasteiger partial charge in [-0.1, -0.05) is 33.8 Å². The molecular weight excluding hydrogens is 757 g/mol. The maximum atomic E-state index is 13.6. The zero-order valence-corrected chi connectivity index (χ0v) is 34.1. The van der Waals surface area contributed by atoms with Gasteiger partial charge >= 0.3 is 12.2 Å². The van der Waals surface area contributed by atoms with E-state index in [1.807, 2.05) is 58.0 Å². The molecule has 2 aromatic carbocycles. The number of hydrogen-bond acceptors (Lipinski definition) is 10. The first-order valence-electron chi connectivity index (χ1n) is 20.2. The van der Waals surface area contributed by atoms with Crippen LogP contribution in [-0.2, 0) is 25.7 Å². The first-order chi connectivity index (χ1) is 28.4. The molecule has 4 amide bonds. The number of ether oxygens (including phenoxy) is 3. The maximum absolute atomic E-state index is 13.6. The molecule has 4 N–H and O–H groups in total. The van der Waals surface area contributed by atoms with Crippen molar-refractivity contribution in [3.05, 3.63) is 66.0 Å². The Labute approximate surface area is 341 Å². The number of amides is 4. The fourth-order valence-corrected chi connectivity index (χ4v) is 8.51. The quantitative estimate of drug-likeness (QED) is 0.116. The third-order valence-electron chi connectivity index (χ3n) is 11.7. The van der Waals surface area contributed by atoms with Crippen LogP contribution in [0.4, 0.5) is 9.59 Å². The van der Waals surface area contributed by atoms with E-state index in [-0.39, 0.29) is 35.7 Å². The molecule has 0 spiro atoms. The minimum absolute atomic E-state index is 0.123. The summed E-state index contributed by atoms with van der Waals surface area (Å²) in [6, 6.07) is 10.1. The summed E-state index contributed by atoms with van der Waals surface area (Å²) in [5.41, 5.74) is 5.93. The van der Waals surface area contributed by atoms with Gasteiger partial charge in [0.1, 0.15) is 47.4 Å². The number of rotatable bonds is 10. The summed E-state index contributed by atoms with van der Waals surface area (Å²) in [6.07, 6.45) is 5.45. The lowest BCUT2D eigenvalue weighted by atomic mass is 9.99. The van der Waals surface area contributed by atoms with E-state index in [0.717, 1.165) is 76.1 Å². The summed E-state index contributed by atoms with van der Waals surface area (Å²) < 4.78 is 22.3. The van der Waals surface area contributed by atoms with Crippen molar-refractivity contribution in [3.63, 3.8) is 0 Å². The van der Waals surface area contributed by atoms with E-state index < -0.39 is 24.3 Å². The number of imidazole rings is 2. The average molecular weight is 807 g/mol. The topological polar surface area (TPSA) is 197 Å². The van der Waals surface area contributed by atoms with Gasteiger partial charge in [0.2, 0.25) is 11.8 Å². The molecule has 0 aliphatic carbocycles. The number of furan rings is 1. The van der Waals surface area contributed by atoms with Crippen LogP contribution in [0, 0.1) is 11.8 Å². The normalized spacial score (nSPS) is 18.4. The van der Waals surface area contributed by atoms with E-state index in [2.05, 4.69) is 26.7 Å². The number of hydrogen-bond donors (Lipinski definition) is 4. The molecular formula is C43H50N8O8. The van der Waals surface area contributed by atoms with Crippen LogP contribution in [0.1, 0.15) is 82.7 Å². The second-order valence-corrected chi connectivity index (χ2v) is 16.1. The highest BCUT2D eigenvalue weighted by molar-refractivity contribution is 5.93. The molecule has 0 saturated carbocycles. The maximum Gasteiger partial charge on any atom is 0.407 e. The van der Waals surface area contributed by atoms with Crippen molar-refractivity contribution >= 4 is 35.0 Å². The lowest BCUT2D eigenvalue weighted by Gasteiger charge is -2.30. The number of nitrogens with one attached hydrogen (secondary N) is 4. The minimum Gasteiger partial charge on any atom is -0.488 e. The highest BCUT2D eigenvalue weighted by atomic mass is 16.5. The molecule has 16 nitrogen and oxygen atoms in total. The molecule has 310 valence electrons. The Kier molecular flexibility index (Phi) is 10.8. The highest BCUT2D eigenvalue weighted by Crippen LogP contribution is 2.45. The third kappa shape index (κ3) is 7.47. The van der Waals surface area contributed by atoms with Crippen molar-refractivity contribution in [2.24, 2.45) is 11.8 Å². The van der Waals surface area contributed by atoms with Crippen molar-refractivity contribution in [3.8, 4) is 39.6 Å². The summed E-state index contributed by atoms with van der Waals surface area (Å²) >= 11 is 0. The van der Waals surface area contributed by atoms with Crippen LogP contribution < -0.4 is 15.4 Å². The van der Waals surface area contributed by atoms with Gasteiger partial charge in [-0.15, -0.1) is 0 Å². The number of likely N-dealkylation sites (tertiary alicyclic amines) is 2. The Morgan fingerprint density at radius 3 is 1.81 bits per heavy atom. The number of carbonyl (C=O) groups excluding carboxylic acids is 4. The Bertz CT molecular complexity index is 2400. The van der Waals surface area contributed by atoms with Crippen LogP contribution in [0.3, 0.4) is 0 Å². The lowest BCUT2D eigenvalue weighted by molar-refractivity contribution is -0.136. The summed E-state index contributed by atoms with van der Waals surface area (Å²) in [4.78, 5) is 71.2. The van der Waals surface area contributed by atoms with Crippen molar-refractivity contribution in [2.75, 3.05) is 27.3 Å². The molecule has 2 unspecified atom stereocenters. The van der Waals surface area contributed by atoms with E-state index >= 15 is 0 Å². The fraction of sp³-hybridized carbons (Fsp3) is 0.442. The number of methoxy groups -OCH3 is 2. The van der Waals surface area contributed by atoms with Gasteiger partial charge in [-0.25, -0.2) is 19.6 Å². The first kappa shape index (κ1) is 39.5. The van der Waals surface area contributed by atoms with Crippen molar-refractivity contribution in [1.82, 2.24) is 40.4 Å². The summed E-state index contributed by atoms with van der Waals surface area (Å²) in [7, 11) is 2.57. The van der Waals surface area contributed by atoms with E-state index in [0.29, 0.717) is 37.1 Å². The monoisotopic (exact) mass is 806 g/mol. The zero-order valence-electron chi connectivity index (χ0n) is 34.1. The molecule has 3 aliphatic rings. The van der Waals surface area contributed by atoms with Gasteiger partial charge in [-0.3, -0.25) is 9.59 Å². The average Bonchev–Trinajstić information content (AvgIpc) is 4.09. The van der Waals surface area contributed by atoms with Gasteiger partial charge in [0.25, 0.3) is 0 Å². The van der Waals surface area contributed by atoms with E-state index in [4.69, 9.17) is 28.6 Å². The largest absolute Gasteiger partial charge is 0.488 e. The Morgan fingerprint density at radius 2 is 1.29 bits per heavy atom. The predicted molar refractivity (Wildman–Crippen MR) is 217 cm³/mol. The van der Waals surface area contributed by atoms with Gasteiger partial charge < -0.3 is 49.0 Å². The van der Waals surface area contributed by atoms with Crippen molar-refractivity contribution in [1.29, 1.82) is 0 Å². The van der Waals surface area contributed by atoms with Crippen LogP contribution in [0.15, 0.2) is 53.2 Å². The molecule has 2 fully saturated rings.